The highest BCUT2D eigenvalue weighted by Gasteiger charge is 2.21. The fourth-order valence-corrected chi connectivity index (χ4v) is 6.99. The number of Topliss-reactive ketones (excluding diaryl/α,β-unsaturated/α-hetero) is 1. The molecule has 7 rings (SSSR count). The van der Waals surface area contributed by atoms with Gasteiger partial charge in [-0.05, 0) is 71.3 Å². The predicted octanol–water partition coefficient (Wildman–Crippen LogP) is 7.24. The number of rotatable bonds is 12. The Balaban J connectivity index is 1.09. The summed E-state index contributed by atoms with van der Waals surface area (Å²) in [7, 11) is 1.60. The van der Waals surface area contributed by atoms with Crippen LogP contribution >= 0.6 is 15.9 Å². The molecule has 0 radical (unpaired) electrons. The number of halogens is 1. The average Bonchev–Trinajstić information content (AvgIpc) is 3.19. The van der Waals surface area contributed by atoms with Crippen LogP contribution in [0.3, 0.4) is 0 Å². The summed E-state index contributed by atoms with van der Waals surface area (Å²) in [5.41, 5.74) is 11.7. The maximum Gasteiger partial charge on any atom is 0.200 e. The van der Waals surface area contributed by atoms with E-state index in [1.807, 2.05) is 83.6 Å². The van der Waals surface area contributed by atoms with Gasteiger partial charge in [-0.25, -0.2) is 4.98 Å². The van der Waals surface area contributed by atoms with Crippen LogP contribution < -0.4 is 20.6 Å². The molecule has 2 fully saturated rings. The second kappa shape index (κ2) is 16.9. The smallest absolute Gasteiger partial charge is 0.200 e. The lowest BCUT2D eigenvalue weighted by molar-refractivity contribution is -0.101. The molecule has 5 aromatic rings. The van der Waals surface area contributed by atoms with E-state index in [0.29, 0.717) is 61.8 Å². The second-order valence-electron chi connectivity index (χ2n) is 13.4. The molecule has 4 heterocycles. The minimum Gasteiger partial charge on any atom is -0.493 e. The molecule has 11 heteroatoms. The number of pyridine rings is 2. The van der Waals surface area contributed by atoms with Crippen LogP contribution in [0.1, 0.15) is 28.8 Å². The molecular formula is C42H42BrN3O7. The third-order valence-electron chi connectivity index (χ3n) is 9.70. The summed E-state index contributed by atoms with van der Waals surface area (Å²) in [4.78, 5) is 32.1. The first-order valence-corrected chi connectivity index (χ1v) is 18.6. The zero-order valence-corrected chi connectivity index (χ0v) is 31.2. The number of hydrogen-bond acceptors (Lipinski definition) is 9. The largest absolute Gasteiger partial charge is 0.493 e. The minimum atomic E-state index is -0.267. The van der Waals surface area contributed by atoms with E-state index in [9.17, 15) is 9.59 Å². The van der Waals surface area contributed by atoms with E-state index < -0.39 is 0 Å². The predicted molar refractivity (Wildman–Crippen MR) is 208 cm³/mol. The van der Waals surface area contributed by atoms with Crippen LogP contribution in [0.4, 0.5) is 5.82 Å². The Bertz CT molecular complexity index is 2110. The summed E-state index contributed by atoms with van der Waals surface area (Å²) >= 11 is 3.48. The van der Waals surface area contributed by atoms with Crippen molar-refractivity contribution in [1.29, 1.82) is 0 Å². The maximum atomic E-state index is 13.8. The van der Waals surface area contributed by atoms with Gasteiger partial charge < -0.3 is 34.0 Å². The van der Waals surface area contributed by atoms with Gasteiger partial charge in [-0.15, -0.1) is 0 Å². The van der Waals surface area contributed by atoms with Crippen molar-refractivity contribution < 1.29 is 28.5 Å². The van der Waals surface area contributed by atoms with E-state index >= 15 is 0 Å². The van der Waals surface area contributed by atoms with Gasteiger partial charge in [0, 0.05) is 65.9 Å². The fraction of sp³-hybridized carbons (Fsp3) is 0.310. The Kier molecular flexibility index (Phi) is 11.7. The summed E-state index contributed by atoms with van der Waals surface area (Å²) in [5, 5.41) is 0. The van der Waals surface area contributed by atoms with Crippen molar-refractivity contribution in [2.45, 2.75) is 31.9 Å². The number of carbonyl (C=O) groups is 1. The highest BCUT2D eigenvalue weighted by Crippen LogP contribution is 2.35. The molecule has 3 aromatic carbocycles. The molecule has 2 aromatic heterocycles. The van der Waals surface area contributed by atoms with Crippen molar-refractivity contribution in [3.8, 4) is 44.9 Å². The molecule has 10 nitrogen and oxygen atoms in total. The Hall–Kier alpha value is -4.81. The molecule has 0 bridgehead atoms. The van der Waals surface area contributed by atoms with Crippen molar-refractivity contribution in [3.05, 3.63) is 117 Å². The minimum absolute atomic E-state index is 0.0818. The molecule has 0 saturated carbocycles. The van der Waals surface area contributed by atoms with Crippen molar-refractivity contribution in [3.63, 3.8) is 0 Å². The number of hydrogen-bond donors (Lipinski definition) is 1. The number of ketones is 1. The molecule has 53 heavy (non-hydrogen) atoms. The van der Waals surface area contributed by atoms with Gasteiger partial charge in [-0.3, -0.25) is 9.59 Å². The maximum absolute atomic E-state index is 13.8. The topological polar surface area (TPSA) is 124 Å². The molecule has 274 valence electrons. The third kappa shape index (κ3) is 8.88. The van der Waals surface area contributed by atoms with Gasteiger partial charge in [-0.1, -0.05) is 58.4 Å². The zero-order valence-electron chi connectivity index (χ0n) is 29.6. The fourth-order valence-electron chi connectivity index (χ4n) is 6.73. The van der Waals surface area contributed by atoms with E-state index in [1.165, 1.54) is 0 Å². The number of anilines is 1. The van der Waals surface area contributed by atoms with Crippen LogP contribution in [0.15, 0.2) is 101 Å². The normalized spacial score (nSPS) is 16.3. The first kappa shape index (κ1) is 36.5. The van der Waals surface area contributed by atoms with Crippen LogP contribution in [-0.4, -0.2) is 68.2 Å². The first-order valence-electron chi connectivity index (χ1n) is 17.8. The van der Waals surface area contributed by atoms with E-state index in [1.54, 1.807) is 19.5 Å². The van der Waals surface area contributed by atoms with Gasteiger partial charge in [-0.2, -0.15) is 0 Å². The Morgan fingerprint density at radius 2 is 1.60 bits per heavy atom. The van der Waals surface area contributed by atoms with Gasteiger partial charge in [0.25, 0.3) is 0 Å². The Labute approximate surface area is 317 Å². The van der Waals surface area contributed by atoms with Crippen molar-refractivity contribution >= 4 is 27.5 Å². The Morgan fingerprint density at radius 1 is 0.868 bits per heavy atom. The lowest BCUT2D eigenvalue weighted by Gasteiger charge is -2.23. The standard InChI is InChI=1S/C42H42BrN3O7/c1-49-40-20-31(8-11-39(40)53-26-34-25-51-16-17-52-34)32-19-35(42(44)45-21-32)29-4-2-27(3-5-29)18-38(47)37-24-46(22-28-12-14-50-15-13-28)23-36(41(37)48)30-6-9-33(43)10-7-30/h2-11,19-21,23-24,28,34H,12-18,22,25-26H2,1H3,(H2,44,45). The number of nitrogens with two attached hydrogens (primary N) is 1. The molecule has 1 atom stereocenters. The lowest BCUT2D eigenvalue weighted by atomic mass is 9.96. The van der Waals surface area contributed by atoms with E-state index in [0.717, 1.165) is 63.9 Å². The number of aromatic nitrogens is 2. The molecule has 2 aliphatic heterocycles. The highest BCUT2D eigenvalue weighted by atomic mass is 79.9. The van der Waals surface area contributed by atoms with Gasteiger partial charge >= 0.3 is 0 Å². The van der Waals surface area contributed by atoms with Crippen LogP contribution in [0.25, 0.3) is 33.4 Å². The van der Waals surface area contributed by atoms with Crippen LogP contribution in [0.5, 0.6) is 11.5 Å². The molecule has 2 aliphatic rings. The van der Waals surface area contributed by atoms with Gasteiger partial charge in [0.15, 0.2) is 22.7 Å². The Morgan fingerprint density at radius 3 is 2.34 bits per heavy atom. The summed E-state index contributed by atoms with van der Waals surface area (Å²) < 4.78 is 31.3. The van der Waals surface area contributed by atoms with Gasteiger partial charge in [0.05, 0.1) is 32.5 Å². The monoisotopic (exact) mass is 779 g/mol. The average molecular weight is 781 g/mol. The summed E-state index contributed by atoms with van der Waals surface area (Å²) in [6.07, 6.45) is 7.17. The van der Waals surface area contributed by atoms with Crippen molar-refractivity contribution in [2.24, 2.45) is 5.92 Å². The third-order valence-corrected chi connectivity index (χ3v) is 10.2. The van der Waals surface area contributed by atoms with Gasteiger partial charge in [0.2, 0.25) is 0 Å². The quantitative estimate of drug-likeness (QED) is 0.131. The highest BCUT2D eigenvalue weighted by molar-refractivity contribution is 9.10. The molecule has 0 aliphatic carbocycles. The summed E-state index contributed by atoms with van der Waals surface area (Å²) in [6, 6.07) is 23.0. The molecule has 2 N–H and O–H groups in total. The van der Waals surface area contributed by atoms with Gasteiger partial charge in [0.1, 0.15) is 18.5 Å². The molecule has 0 spiro atoms. The second-order valence-corrected chi connectivity index (χ2v) is 14.3. The van der Waals surface area contributed by atoms with Crippen LogP contribution in [-0.2, 0) is 27.2 Å². The number of ether oxygens (including phenoxy) is 5. The number of nitrogens with zero attached hydrogens (tertiary/aromatic N) is 2. The number of nitrogen functional groups attached to an aromatic ring is 1. The first-order chi connectivity index (χ1) is 25.8. The van der Waals surface area contributed by atoms with Crippen LogP contribution in [0, 0.1) is 5.92 Å². The zero-order chi connectivity index (χ0) is 36.7. The van der Waals surface area contributed by atoms with Crippen LogP contribution in [0.2, 0.25) is 0 Å². The molecular weight excluding hydrogens is 738 g/mol. The van der Waals surface area contributed by atoms with Crippen molar-refractivity contribution in [1.82, 2.24) is 9.55 Å². The molecule has 0 amide bonds. The van der Waals surface area contributed by atoms with E-state index in [-0.39, 0.29) is 29.3 Å². The SMILES string of the molecule is COc1cc(-c2cnc(N)c(-c3ccc(CC(=O)c4cn(CC5CCOCC5)cc(-c5ccc(Br)cc5)c4=O)cc3)c2)ccc1OCC1COCCO1. The number of methoxy groups -OCH3 is 1. The lowest BCUT2D eigenvalue weighted by Crippen LogP contribution is -2.33. The summed E-state index contributed by atoms with van der Waals surface area (Å²) in [6.45, 7) is 4.17. The van der Waals surface area contributed by atoms with Crippen molar-refractivity contribution in [2.75, 3.05) is 52.5 Å². The number of carbonyl (C=O) groups excluding carboxylic acids is 1. The number of benzene rings is 3. The van der Waals surface area contributed by atoms with E-state index in [4.69, 9.17) is 29.4 Å². The molecule has 2 saturated heterocycles. The van der Waals surface area contributed by atoms with E-state index in [2.05, 4.69) is 20.9 Å². The molecule has 1 unspecified atom stereocenters. The summed E-state index contributed by atoms with van der Waals surface area (Å²) in [5.74, 6) is 1.76.